The van der Waals surface area contributed by atoms with Crippen molar-refractivity contribution >= 4 is 0 Å². The highest BCUT2D eigenvalue weighted by molar-refractivity contribution is 5.27. The number of rotatable bonds is 6. The molecule has 0 aliphatic carbocycles. The van der Waals surface area contributed by atoms with E-state index >= 15 is 0 Å². The lowest BCUT2D eigenvalue weighted by Gasteiger charge is -2.15. The van der Waals surface area contributed by atoms with E-state index in [0.29, 0.717) is 0 Å². The summed E-state index contributed by atoms with van der Waals surface area (Å²) in [5.74, 6) is 0. The van der Waals surface area contributed by atoms with Crippen LogP contribution in [0.4, 0.5) is 0 Å². The Bertz CT molecular complexity index is 358. The minimum atomic E-state index is -0.241. The van der Waals surface area contributed by atoms with E-state index in [4.69, 9.17) is 0 Å². The number of aliphatic hydroxyl groups excluding tert-OH is 1. The predicted octanol–water partition coefficient (Wildman–Crippen LogP) is 1.94. The van der Waals surface area contributed by atoms with Gasteiger partial charge in [0, 0.05) is 23.8 Å². The number of nitrogens with one attached hydrogen (secondary N) is 1. The van der Waals surface area contributed by atoms with Crippen molar-refractivity contribution in [3.63, 3.8) is 0 Å². The van der Waals surface area contributed by atoms with Gasteiger partial charge < -0.3 is 10.4 Å². The van der Waals surface area contributed by atoms with Crippen LogP contribution in [-0.4, -0.2) is 27.5 Å². The van der Waals surface area contributed by atoms with Crippen LogP contribution in [0.5, 0.6) is 0 Å². The first-order valence-corrected chi connectivity index (χ1v) is 6.42. The zero-order chi connectivity index (χ0) is 13.0. The van der Waals surface area contributed by atoms with Gasteiger partial charge in [0.15, 0.2) is 0 Å². The summed E-state index contributed by atoms with van der Waals surface area (Å²) in [5, 5.41) is 17.2. The molecule has 1 rings (SSSR count). The van der Waals surface area contributed by atoms with Gasteiger partial charge in [0.25, 0.3) is 0 Å². The van der Waals surface area contributed by atoms with Crippen molar-refractivity contribution in [1.82, 2.24) is 15.1 Å². The standard InChI is InChI=1S/C13H25N3O/c1-6-16-12(5)13(11(4)15-16)10(3)14-8-7-9(2)17/h9-10,14,17H,6-8H2,1-5H3. The third-order valence-corrected chi connectivity index (χ3v) is 3.18. The van der Waals surface area contributed by atoms with Gasteiger partial charge >= 0.3 is 0 Å². The van der Waals surface area contributed by atoms with Gasteiger partial charge in [0.05, 0.1) is 11.8 Å². The molecule has 0 fully saturated rings. The van der Waals surface area contributed by atoms with Gasteiger partial charge in [-0.2, -0.15) is 5.10 Å². The molecule has 4 heteroatoms. The SMILES string of the molecule is CCn1nc(C)c(C(C)NCCC(C)O)c1C. The normalized spacial score (nSPS) is 14.9. The summed E-state index contributed by atoms with van der Waals surface area (Å²) in [6, 6.07) is 0.286. The van der Waals surface area contributed by atoms with Crippen molar-refractivity contribution in [3.05, 3.63) is 17.0 Å². The average Bonchev–Trinajstić information content (AvgIpc) is 2.53. The van der Waals surface area contributed by atoms with Gasteiger partial charge in [-0.3, -0.25) is 4.68 Å². The van der Waals surface area contributed by atoms with E-state index in [1.54, 1.807) is 0 Å². The molecule has 2 unspecified atom stereocenters. The molecule has 0 aliphatic heterocycles. The summed E-state index contributed by atoms with van der Waals surface area (Å²) in [6.45, 7) is 12.0. The van der Waals surface area contributed by atoms with Crippen molar-refractivity contribution in [1.29, 1.82) is 0 Å². The molecule has 0 amide bonds. The van der Waals surface area contributed by atoms with Crippen LogP contribution in [-0.2, 0) is 6.54 Å². The molecule has 0 saturated heterocycles. The average molecular weight is 239 g/mol. The molecule has 1 aromatic heterocycles. The van der Waals surface area contributed by atoms with Gasteiger partial charge in [-0.15, -0.1) is 0 Å². The maximum atomic E-state index is 9.23. The molecule has 4 nitrogen and oxygen atoms in total. The third-order valence-electron chi connectivity index (χ3n) is 3.18. The van der Waals surface area contributed by atoms with E-state index in [0.717, 1.165) is 25.2 Å². The molecule has 0 bridgehead atoms. The number of aryl methyl sites for hydroxylation is 2. The van der Waals surface area contributed by atoms with E-state index in [1.165, 1.54) is 11.3 Å². The maximum absolute atomic E-state index is 9.23. The summed E-state index contributed by atoms with van der Waals surface area (Å²) >= 11 is 0. The van der Waals surface area contributed by atoms with E-state index < -0.39 is 0 Å². The van der Waals surface area contributed by atoms with Crippen LogP contribution in [0.1, 0.15) is 50.2 Å². The number of hydrogen-bond donors (Lipinski definition) is 2. The Labute approximate surface area is 104 Å². The minimum Gasteiger partial charge on any atom is -0.393 e. The summed E-state index contributed by atoms with van der Waals surface area (Å²) in [4.78, 5) is 0. The molecule has 1 aromatic rings. The van der Waals surface area contributed by atoms with Crippen molar-refractivity contribution in [2.24, 2.45) is 0 Å². The topological polar surface area (TPSA) is 50.1 Å². The van der Waals surface area contributed by atoms with Gasteiger partial charge in [0.1, 0.15) is 0 Å². The van der Waals surface area contributed by atoms with Crippen LogP contribution in [0.15, 0.2) is 0 Å². The maximum Gasteiger partial charge on any atom is 0.0644 e. The van der Waals surface area contributed by atoms with Crippen LogP contribution < -0.4 is 5.32 Å². The van der Waals surface area contributed by atoms with E-state index in [9.17, 15) is 5.11 Å². The van der Waals surface area contributed by atoms with Crippen molar-refractivity contribution in [2.75, 3.05) is 6.54 Å². The molecule has 0 aromatic carbocycles. The quantitative estimate of drug-likeness (QED) is 0.797. The van der Waals surface area contributed by atoms with Crippen LogP contribution in [0, 0.1) is 13.8 Å². The van der Waals surface area contributed by atoms with Gasteiger partial charge in [-0.1, -0.05) is 0 Å². The Morgan fingerprint density at radius 2 is 2.00 bits per heavy atom. The zero-order valence-electron chi connectivity index (χ0n) is 11.6. The highest BCUT2D eigenvalue weighted by atomic mass is 16.3. The van der Waals surface area contributed by atoms with E-state index in [-0.39, 0.29) is 12.1 Å². The molecule has 2 atom stereocenters. The highest BCUT2D eigenvalue weighted by Crippen LogP contribution is 2.21. The molecule has 17 heavy (non-hydrogen) atoms. The number of aromatic nitrogens is 2. The third kappa shape index (κ3) is 3.54. The lowest BCUT2D eigenvalue weighted by Crippen LogP contribution is -2.23. The number of nitrogens with zero attached hydrogens (tertiary/aromatic N) is 2. The fraction of sp³-hybridized carbons (Fsp3) is 0.769. The summed E-state index contributed by atoms with van der Waals surface area (Å²) in [5.41, 5.74) is 3.63. The molecule has 1 heterocycles. The van der Waals surface area contributed by atoms with Gasteiger partial charge in [-0.05, 0) is 47.6 Å². The lowest BCUT2D eigenvalue weighted by molar-refractivity contribution is 0.182. The molecule has 0 aliphatic rings. The second-order valence-electron chi connectivity index (χ2n) is 4.71. The first-order valence-electron chi connectivity index (χ1n) is 6.42. The second-order valence-corrected chi connectivity index (χ2v) is 4.71. The van der Waals surface area contributed by atoms with E-state index in [1.807, 2.05) is 11.6 Å². The minimum absolute atomic E-state index is 0.241. The molecular weight excluding hydrogens is 214 g/mol. The molecule has 98 valence electrons. The van der Waals surface area contributed by atoms with E-state index in [2.05, 4.69) is 38.1 Å². The van der Waals surface area contributed by atoms with Crippen molar-refractivity contribution in [3.8, 4) is 0 Å². The van der Waals surface area contributed by atoms with Crippen molar-refractivity contribution in [2.45, 2.75) is 59.7 Å². The second kappa shape index (κ2) is 6.17. The van der Waals surface area contributed by atoms with Gasteiger partial charge in [0.2, 0.25) is 0 Å². The number of hydrogen-bond acceptors (Lipinski definition) is 3. The smallest absolute Gasteiger partial charge is 0.0644 e. The Kier molecular flexibility index (Phi) is 5.15. The zero-order valence-corrected chi connectivity index (χ0v) is 11.6. The van der Waals surface area contributed by atoms with Gasteiger partial charge in [-0.25, -0.2) is 0 Å². The summed E-state index contributed by atoms with van der Waals surface area (Å²) in [6.07, 6.45) is 0.542. The molecule has 2 N–H and O–H groups in total. The summed E-state index contributed by atoms with van der Waals surface area (Å²) < 4.78 is 2.04. The highest BCUT2D eigenvalue weighted by Gasteiger charge is 2.16. The van der Waals surface area contributed by atoms with Crippen LogP contribution in [0.25, 0.3) is 0 Å². The first-order chi connectivity index (χ1) is 7.97. The lowest BCUT2D eigenvalue weighted by atomic mass is 10.1. The fourth-order valence-electron chi connectivity index (χ4n) is 2.26. The Hall–Kier alpha value is -0.870. The monoisotopic (exact) mass is 239 g/mol. The molecular formula is C13H25N3O. The van der Waals surface area contributed by atoms with Crippen LogP contribution >= 0.6 is 0 Å². The largest absolute Gasteiger partial charge is 0.393 e. The Morgan fingerprint density at radius 1 is 1.35 bits per heavy atom. The van der Waals surface area contributed by atoms with Crippen LogP contribution in [0.3, 0.4) is 0 Å². The first kappa shape index (κ1) is 14.2. The predicted molar refractivity (Wildman–Crippen MR) is 70.1 cm³/mol. The molecule has 0 radical (unpaired) electrons. The Balaban J connectivity index is 2.68. The molecule has 0 saturated carbocycles. The van der Waals surface area contributed by atoms with Crippen LogP contribution in [0.2, 0.25) is 0 Å². The molecule has 0 spiro atoms. The Morgan fingerprint density at radius 3 is 2.47 bits per heavy atom. The van der Waals surface area contributed by atoms with Crippen molar-refractivity contribution < 1.29 is 5.11 Å². The number of aliphatic hydroxyl groups is 1. The fourth-order valence-corrected chi connectivity index (χ4v) is 2.26. The summed E-state index contributed by atoms with van der Waals surface area (Å²) in [7, 11) is 0.